The van der Waals surface area contributed by atoms with Gasteiger partial charge in [0.2, 0.25) is 17.6 Å². The van der Waals surface area contributed by atoms with E-state index in [2.05, 4.69) is 20.4 Å². The summed E-state index contributed by atoms with van der Waals surface area (Å²) in [6.45, 7) is 0.365. The van der Waals surface area contributed by atoms with Gasteiger partial charge in [0.1, 0.15) is 5.69 Å². The Balaban J connectivity index is 1.99. The third-order valence-corrected chi connectivity index (χ3v) is 1.94. The monoisotopic (exact) mass is 233 g/mol. The highest BCUT2D eigenvalue weighted by Crippen LogP contribution is 2.11. The van der Waals surface area contributed by atoms with Crippen molar-refractivity contribution in [2.75, 3.05) is 6.54 Å². The van der Waals surface area contributed by atoms with Gasteiger partial charge in [0.05, 0.1) is 13.1 Å². The van der Waals surface area contributed by atoms with Crippen LogP contribution in [0.25, 0.3) is 11.5 Å². The smallest absolute Gasteiger partial charge is 0.240 e. The number of pyridine rings is 1. The van der Waals surface area contributed by atoms with Gasteiger partial charge < -0.3 is 10.3 Å². The lowest BCUT2D eigenvalue weighted by atomic mass is 10.3. The molecule has 17 heavy (non-hydrogen) atoms. The van der Waals surface area contributed by atoms with Crippen molar-refractivity contribution >= 4 is 5.91 Å². The summed E-state index contributed by atoms with van der Waals surface area (Å²) in [5.41, 5.74) is 5.61. The minimum Gasteiger partial charge on any atom is -0.369 e. The van der Waals surface area contributed by atoms with Crippen LogP contribution in [0.2, 0.25) is 0 Å². The normalized spacial score (nSPS) is 10.4. The van der Waals surface area contributed by atoms with E-state index in [0.29, 0.717) is 24.0 Å². The maximum absolute atomic E-state index is 10.5. The average molecular weight is 233 g/mol. The van der Waals surface area contributed by atoms with Crippen LogP contribution >= 0.6 is 0 Å². The zero-order chi connectivity index (χ0) is 12.1. The number of nitrogens with zero attached hydrogens (tertiary/aromatic N) is 3. The van der Waals surface area contributed by atoms with Gasteiger partial charge in [-0.1, -0.05) is 11.2 Å². The number of carbonyl (C=O) groups excluding carboxylic acids is 1. The van der Waals surface area contributed by atoms with Gasteiger partial charge in [0.15, 0.2) is 0 Å². The Labute approximate surface area is 97.0 Å². The van der Waals surface area contributed by atoms with E-state index < -0.39 is 5.91 Å². The molecule has 2 heterocycles. The highest BCUT2D eigenvalue weighted by Gasteiger charge is 2.08. The average Bonchev–Trinajstić information content (AvgIpc) is 2.78. The van der Waals surface area contributed by atoms with Gasteiger partial charge >= 0.3 is 0 Å². The first-order chi connectivity index (χ1) is 8.25. The van der Waals surface area contributed by atoms with E-state index >= 15 is 0 Å². The summed E-state index contributed by atoms with van der Waals surface area (Å²) in [4.78, 5) is 18.7. The zero-order valence-corrected chi connectivity index (χ0v) is 8.96. The van der Waals surface area contributed by atoms with Crippen molar-refractivity contribution in [1.29, 1.82) is 0 Å². The summed E-state index contributed by atoms with van der Waals surface area (Å²) in [5, 5.41) is 6.55. The molecule has 0 bridgehead atoms. The van der Waals surface area contributed by atoms with Crippen LogP contribution in [0.15, 0.2) is 28.9 Å². The van der Waals surface area contributed by atoms with Crippen molar-refractivity contribution in [3.05, 3.63) is 30.3 Å². The first-order valence-corrected chi connectivity index (χ1v) is 4.99. The van der Waals surface area contributed by atoms with Crippen molar-refractivity contribution in [3.63, 3.8) is 0 Å². The number of aromatic nitrogens is 3. The van der Waals surface area contributed by atoms with E-state index in [9.17, 15) is 4.79 Å². The quantitative estimate of drug-likeness (QED) is 0.734. The molecule has 0 aliphatic carbocycles. The van der Waals surface area contributed by atoms with Gasteiger partial charge in [0, 0.05) is 6.20 Å². The molecule has 0 saturated carbocycles. The van der Waals surface area contributed by atoms with Crippen molar-refractivity contribution < 1.29 is 9.32 Å². The summed E-state index contributed by atoms with van der Waals surface area (Å²) >= 11 is 0. The molecular formula is C10H11N5O2. The van der Waals surface area contributed by atoms with Crippen LogP contribution in [0.1, 0.15) is 5.89 Å². The van der Waals surface area contributed by atoms with E-state index in [1.165, 1.54) is 0 Å². The molecule has 0 atom stereocenters. The third-order valence-electron chi connectivity index (χ3n) is 1.94. The molecule has 0 aliphatic heterocycles. The lowest BCUT2D eigenvalue weighted by Crippen LogP contribution is -2.28. The first-order valence-electron chi connectivity index (χ1n) is 4.99. The Bertz CT molecular complexity index is 496. The fraction of sp³-hybridized carbons (Fsp3) is 0.200. The fourth-order valence-electron chi connectivity index (χ4n) is 1.22. The number of primary amides is 1. The van der Waals surface area contributed by atoms with Crippen LogP contribution < -0.4 is 11.1 Å². The van der Waals surface area contributed by atoms with Crippen LogP contribution in [-0.2, 0) is 11.3 Å². The molecule has 2 rings (SSSR count). The third kappa shape index (κ3) is 3.08. The highest BCUT2D eigenvalue weighted by molar-refractivity contribution is 5.75. The van der Waals surface area contributed by atoms with Gasteiger partial charge in [-0.25, -0.2) is 0 Å². The van der Waals surface area contributed by atoms with Gasteiger partial charge in [-0.15, -0.1) is 0 Å². The number of hydrogen-bond acceptors (Lipinski definition) is 6. The van der Waals surface area contributed by atoms with E-state index in [0.717, 1.165) is 0 Å². The molecule has 1 amide bonds. The Morgan fingerprint density at radius 1 is 1.47 bits per heavy atom. The number of hydrogen-bond donors (Lipinski definition) is 2. The molecule has 0 aromatic carbocycles. The molecular weight excluding hydrogens is 222 g/mol. The molecule has 0 aliphatic rings. The largest absolute Gasteiger partial charge is 0.369 e. The predicted molar refractivity (Wildman–Crippen MR) is 58.4 cm³/mol. The summed E-state index contributed by atoms with van der Waals surface area (Å²) in [6.07, 6.45) is 1.65. The Morgan fingerprint density at radius 2 is 2.35 bits per heavy atom. The van der Waals surface area contributed by atoms with Gasteiger partial charge in [-0.3, -0.25) is 15.1 Å². The van der Waals surface area contributed by atoms with Crippen LogP contribution in [0.3, 0.4) is 0 Å². The zero-order valence-electron chi connectivity index (χ0n) is 8.96. The second-order valence-corrected chi connectivity index (χ2v) is 3.30. The van der Waals surface area contributed by atoms with E-state index in [1.807, 2.05) is 6.07 Å². The van der Waals surface area contributed by atoms with Gasteiger partial charge in [-0.05, 0) is 12.1 Å². The molecule has 0 fully saturated rings. The predicted octanol–water partition coefficient (Wildman–Crippen LogP) is -0.294. The molecule has 88 valence electrons. The summed E-state index contributed by atoms with van der Waals surface area (Å²) < 4.78 is 4.99. The number of carbonyl (C=O) groups is 1. The minimum absolute atomic E-state index is 0.0707. The topological polar surface area (TPSA) is 107 Å². The molecule has 3 N–H and O–H groups in total. The molecule has 0 saturated heterocycles. The number of rotatable bonds is 5. The Morgan fingerprint density at radius 3 is 3.06 bits per heavy atom. The van der Waals surface area contributed by atoms with E-state index in [4.69, 9.17) is 10.3 Å². The molecule has 0 radical (unpaired) electrons. The number of nitrogens with one attached hydrogen (secondary N) is 1. The lowest BCUT2D eigenvalue weighted by molar-refractivity contribution is -0.117. The maximum atomic E-state index is 10.5. The van der Waals surface area contributed by atoms with Crippen molar-refractivity contribution in [2.24, 2.45) is 5.73 Å². The molecule has 2 aromatic heterocycles. The lowest BCUT2D eigenvalue weighted by Gasteiger charge is -1.95. The Hall–Kier alpha value is -2.28. The van der Waals surface area contributed by atoms with Crippen LogP contribution in [-0.4, -0.2) is 27.6 Å². The molecule has 2 aromatic rings. The molecule has 7 heteroatoms. The van der Waals surface area contributed by atoms with Crippen molar-refractivity contribution in [3.8, 4) is 11.5 Å². The van der Waals surface area contributed by atoms with Crippen molar-refractivity contribution in [1.82, 2.24) is 20.4 Å². The van der Waals surface area contributed by atoms with Crippen LogP contribution in [0.5, 0.6) is 0 Å². The standard InChI is InChI=1S/C10H11N5O2/c11-8(16)5-12-6-9-14-10(15-17-9)7-3-1-2-4-13-7/h1-4,12H,5-6H2,(H2,11,16). The first kappa shape index (κ1) is 11.2. The van der Waals surface area contributed by atoms with Crippen LogP contribution in [0.4, 0.5) is 0 Å². The summed E-state index contributed by atoms with van der Waals surface area (Å²) in [6, 6.07) is 5.42. The molecule has 0 spiro atoms. The maximum Gasteiger partial charge on any atom is 0.240 e. The summed E-state index contributed by atoms with van der Waals surface area (Å²) in [7, 11) is 0. The summed E-state index contributed by atoms with van der Waals surface area (Å²) in [5.74, 6) is 0.364. The van der Waals surface area contributed by atoms with Crippen molar-refractivity contribution in [2.45, 2.75) is 6.54 Å². The number of amides is 1. The van der Waals surface area contributed by atoms with E-state index in [-0.39, 0.29) is 6.54 Å². The van der Waals surface area contributed by atoms with E-state index in [1.54, 1.807) is 18.3 Å². The molecule has 7 nitrogen and oxygen atoms in total. The minimum atomic E-state index is -0.436. The second kappa shape index (κ2) is 5.17. The van der Waals surface area contributed by atoms with Gasteiger partial charge in [0.25, 0.3) is 0 Å². The molecule has 0 unspecified atom stereocenters. The Kier molecular flexibility index (Phi) is 3.41. The SMILES string of the molecule is NC(=O)CNCc1nc(-c2ccccn2)no1. The van der Waals surface area contributed by atoms with Gasteiger partial charge in [-0.2, -0.15) is 4.98 Å². The highest BCUT2D eigenvalue weighted by atomic mass is 16.5. The second-order valence-electron chi connectivity index (χ2n) is 3.30. The van der Waals surface area contributed by atoms with Crippen LogP contribution in [0, 0.1) is 0 Å². The fourth-order valence-corrected chi connectivity index (χ4v) is 1.22. The number of nitrogens with two attached hydrogens (primary N) is 1.